The molecule has 30 heavy (non-hydrogen) atoms. The van der Waals surface area contributed by atoms with Gasteiger partial charge in [-0.2, -0.15) is 10.2 Å². The van der Waals surface area contributed by atoms with E-state index in [1.807, 2.05) is 55.8 Å². The van der Waals surface area contributed by atoms with E-state index in [1.165, 1.54) is 0 Å². The average molecular weight is 404 g/mol. The molecule has 3 heterocycles. The number of amides is 1. The summed E-state index contributed by atoms with van der Waals surface area (Å²) in [7, 11) is 0. The first-order valence-corrected chi connectivity index (χ1v) is 9.94. The molecule has 0 aliphatic carbocycles. The van der Waals surface area contributed by atoms with Crippen molar-refractivity contribution in [3.63, 3.8) is 0 Å². The number of carbonyl (C=O) groups excluding carboxylic acids is 1. The van der Waals surface area contributed by atoms with Crippen molar-refractivity contribution in [3.8, 4) is 11.3 Å². The largest absolute Gasteiger partial charge is 0.360 e. The fourth-order valence-electron chi connectivity index (χ4n) is 3.40. The van der Waals surface area contributed by atoms with Gasteiger partial charge in [0.2, 0.25) is 0 Å². The zero-order valence-electron chi connectivity index (χ0n) is 17.3. The molecular formula is C22H24N6O2. The molecule has 0 aliphatic heterocycles. The van der Waals surface area contributed by atoms with Crippen LogP contribution in [0.5, 0.6) is 0 Å². The average Bonchev–Trinajstić information content (AvgIpc) is 3.37. The number of fused-ring (bicyclic) bond motifs is 1. The molecule has 0 saturated carbocycles. The van der Waals surface area contributed by atoms with Gasteiger partial charge >= 0.3 is 0 Å². The number of nitrogens with zero attached hydrogens (tertiary/aromatic N) is 5. The van der Waals surface area contributed by atoms with E-state index in [2.05, 4.69) is 15.5 Å². The molecule has 0 saturated heterocycles. The van der Waals surface area contributed by atoms with Gasteiger partial charge in [0, 0.05) is 29.8 Å². The third-order valence-corrected chi connectivity index (χ3v) is 4.96. The van der Waals surface area contributed by atoms with E-state index in [0.717, 1.165) is 34.4 Å². The molecule has 4 aromatic rings. The normalized spacial score (nSPS) is 11.2. The number of para-hydroxylation sites is 1. The Morgan fingerprint density at radius 3 is 2.77 bits per heavy atom. The summed E-state index contributed by atoms with van der Waals surface area (Å²) in [5.74, 6) is -0.216. The second kappa shape index (κ2) is 8.46. The SMILES string of the molecule is CCOCn1cc(NC(=O)c2cc(-c3cnn(CC)c3C)nc3ccccc23)cn1. The van der Waals surface area contributed by atoms with Gasteiger partial charge in [-0.1, -0.05) is 18.2 Å². The summed E-state index contributed by atoms with van der Waals surface area (Å²) in [4.78, 5) is 17.9. The Kier molecular flexibility index (Phi) is 5.58. The van der Waals surface area contributed by atoms with Gasteiger partial charge in [0.15, 0.2) is 0 Å². The zero-order chi connectivity index (χ0) is 21.1. The van der Waals surface area contributed by atoms with Crippen molar-refractivity contribution in [2.75, 3.05) is 11.9 Å². The van der Waals surface area contributed by atoms with Crippen LogP contribution in [-0.4, -0.2) is 37.1 Å². The van der Waals surface area contributed by atoms with Crippen LogP contribution in [0.15, 0.2) is 48.9 Å². The zero-order valence-corrected chi connectivity index (χ0v) is 17.3. The van der Waals surface area contributed by atoms with Gasteiger partial charge in [-0.3, -0.25) is 9.48 Å². The first kappa shape index (κ1) is 19.8. The lowest BCUT2D eigenvalue weighted by molar-refractivity contribution is 0.0792. The quantitative estimate of drug-likeness (QED) is 0.505. The number of anilines is 1. The highest BCUT2D eigenvalue weighted by molar-refractivity contribution is 6.13. The lowest BCUT2D eigenvalue weighted by atomic mass is 10.0. The van der Waals surface area contributed by atoms with Crippen LogP contribution in [0, 0.1) is 6.92 Å². The number of ether oxygens (including phenoxy) is 1. The van der Waals surface area contributed by atoms with Crippen LogP contribution >= 0.6 is 0 Å². The smallest absolute Gasteiger partial charge is 0.256 e. The van der Waals surface area contributed by atoms with E-state index in [1.54, 1.807) is 23.3 Å². The Morgan fingerprint density at radius 2 is 2.00 bits per heavy atom. The number of rotatable bonds is 7. The number of benzene rings is 1. The van der Waals surface area contributed by atoms with Crippen molar-refractivity contribution >= 4 is 22.5 Å². The summed E-state index contributed by atoms with van der Waals surface area (Å²) >= 11 is 0. The molecule has 1 N–H and O–H groups in total. The van der Waals surface area contributed by atoms with Gasteiger partial charge in [-0.15, -0.1) is 0 Å². The summed E-state index contributed by atoms with van der Waals surface area (Å²) in [6, 6.07) is 9.46. The van der Waals surface area contributed by atoms with Gasteiger partial charge in [-0.05, 0) is 32.9 Å². The van der Waals surface area contributed by atoms with Gasteiger partial charge in [0.1, 0.15) is 6.73 Å². The lowest BCUT2D eigenvalue weighted by Gasteiger charge is -2.10. The molecule has 154 valence electrons. The Morgan fingerprint density at radius 1 is 1.17 bits per heavy atom. The lowest BCUT2D eigenvalue weighted by Crippen LogP contribution is -2.13. The van der Waals surface area contributed by atoms with Crippen molar-refractivity contribution in [1.82, 2.24) is 24.5 Å². The topological polar surface area (TPSA) is 86.9 Å². The number of aromatic nitrogens is 5. The van der Waals surface area contributed by atoms with Crippen molar-refractivity contribution in [3.05, 3.63) is 60.2 Å². The number of nitrogens with one attached hydrogen (secondary N) is 1. The van der Waals surface area contributed by atoms with E-state index < -0.39 is 0 Å². The monoisotopic (exact) mass is 404 g/mol. The molecule has 0 radical (unpaired) electrons. The van der Waals surface area contributed by atoms with Crippen LogP contribution in [0.4, 0.5) is 5.69 Å². The first-order valence-electron chi connectivity index (χ1n) is 9.94. The number of pyridine rings is 1. The molecule has 0 unspecified atom stereocenters. The number of hydrogen-bond donors (Lipinski definition) is 1. The van der Waals surface area contributed by atoms with Crippen molar-refractivity contribution in [2.45, 2.75) is 34.0 Å². The predicted octanol–water partition coefficient (Wildman–Crippen LogP) is 3.87. The van der Waals surface area contributed by atoms with E-state index in [0.29, 0.717) is 24.6 Å². The highest BCUT2D eigenvalue weighted by Gasteiger charge is 2.17. The summed E-state index contributed by atoms with van der Waals surface area (Å²) < 4.78 is 8.89. The third kappa shape index (κ3) is 3.81. The molecule has 3 aromatic heterocycles. The third-order valence-electron chi connectivity index (χ3n) is 4.96. The molecule has 8 nitrogen and oxygen atoms in total. The minimum Gasteiger partial charge on any atom is -0.360 e. The van der Waals surface area contributed by atoms with Crippen LogP contribution < -0.4 is 5.32 Å². The van der Waals surface area contributed by atoms with Crippen LogP contribution in [-0.2, 0) is 18.0 Å². The van der Waals surface area contributed by atoms with Gasteiger partial charge in [0.25, 0.3) is 5.91 Å². The maximum Gasteiger partial charge on any atom is 0.256 e. The maximum atomic E-state index is 13.2. The fraction of sp³-hybridized carbons (Fsp3) is 0.273. The van der Waals surface area contributed by atoms with Crippen LogP contribution in [0.2, 0.25) is 0 Å². The molecule has 8 heteroatoms. The Labute approximate surface area is 174 Å². The molecule has 0 fully saturated rings. The van der Waals surface area contributed by atoms with Crippen LogP contribution in [0.1, 0.15) is 29.9 Å². The van der Waals surface area contributed by atoms with E-state index >= 15 is 0 Å². The Balaban J connectivity index is 1.71. The van der Waals surface area contributed by atoms with Crippen molar-refractivity contribution in [1.29, 1.82) is 0 Å². The number of hydrogen-bond acceptors (Lipinski definition) is 5. The minimum atomic E-state index is -0.216. The van der Waals surface area contributed by atoms with Crippen molar-refractivity contribution in [2.24, 2.45) is 0 Å². The number of carbonyl (C=O) groups is 1. The molecule has 0 aliphatic rings. The van der Waals surface area contributed by atoms with E-state index in [-0.39, 0.29) is 5.91 Å². The van der Waals surface area contributed by atoms with Crippen LogP contribution in [0.25, 0.3) is 22.2 Å². The van der Waals surface area contributed by atoms with Crippen LogP contribution in [0.3, 0.4) is 0 Å². The van der Waals surface area contributed by atoms with E-state index in [4.69, 9.17) is 9.72 Å². The van der Waals surface area contributed by atoms with E-state index in [9.17, 15) is 4.79 Å². The Bertz CT molecular complexity index is 1190. The maximum absolute atomic E-state index is 13.2. The summed E-state index contributed by atoms with van der Waals surface area (Å²) in [6.45, 7) is 7.69. The first-order chi connectivity index (χ1) is 14.6. The van der Waals surface area contributed by atoms with Crippen molar-refractivity contribution < 1.29 is 9.53 Å². The standard InChI is InChI=1S/C22H24N6O2/c1-4-28-15(3)19(12-24-28)21-10-18(17-8-6-7-9-20(17)26-21)22(29)25-16-11-23-27(13-16)14-30-5-2/h6-13H,4-5,14H2,1-3H3,(H,25,29). The summed E-state index contributed by atoms with van der Waals surface area (Å²) in [5, 5.41) is 12.3. The fourth-order valence-corrected chi connectivity index (χ4v) is 3.40. The molecular weight excluding hydrogens is 380 g/mol. The molecule has 4 rings (SSSR count). The molecule has 0 atom stereocenters. The molecule has 1 aromatic carbocycles. The van der Waals surface area contributed by atoms with Gasteiger partial charge in [-0.25, -0.2) is 9.67 Å². The molecule has 0 spiro atoms. The second-order valence-corrected chi connectivity index (χ2v) is 6.88. The van der Waals surface area contributed by atoms with Gasteiger partial charge in [0.05, 0.1) is 41.1 Å². The van der Waals surface area contributed by atoms with Gasteiger partial charge < -0.3 is 10.1 Å². The summed E-state index contributed by atoms with van der Waals surface area (Å²) in [5.41, 5.74) is 4.58. The highest BCUT2D eigenvalue weighted by Crippen LogP contribution is 2.27. The molecule has 0 bridgehead atoms. The summed E-state index contributed by atoms with van der Waals surface area (Å²) in [6.07, 6.45) is 5.15. The number of aryl methyl sites for hydroxylation is 1. The second-order valence-electron chi connectivity index (χ2n) is 6.88. The Hall–Kier alpha value is -3.52. The highest BCUT2D eigenvalue weighted by atomic mass is 16.5. The predicted molar refractivity (Wildman–Crippen MR) is 115 cm³/mol. The minimum absolute atomic E-state index is 0.216. The molecule has 1 amide bonds.